The lowest BCUT2D eigenvalue weighted by Crippen LogP contribution is -2.17. The second-order valence-electron chi connectivity index (χ2n) is 5.90. The SMILES string of the molecule is CCOc1cc(CNCCc2ccccc2)c(Cl)cc1OC(C)C. The molecule has 0 amide bonds. The number of hydrogen-bond acceptors (Lipinski definition) is 3. The maximum Gasteiger partial charge on any atom is 0.163 e. The lowest BCUT2D eigenvalue weighted by Gasteiger charge is -2.17. The first-order chi connectivity index (χ1) is 11.6. The maximum absolute atomic E-state index is 6.41. The molecule has 0 fully saturated rings. The predicted molar refractivity (Wildman–Crippen MR) is 100 cm³/mol. The average Bonchev–Trinajstić information content (AvgIpc) is 2.55. The monoisotopic (exact) mass is 347 g/mol. The molecule has 0 aliphatic heterocycles. The van der Waals surface area contributed by atoms with Gasteiger partial charge >= 0.3 is 0 Å². The lowest BCUT2D eigenvalue weighted by molar-refractivity contribution is 0.223. The third kappa shape index (κ3) is 5.73. The highest BCUT2D eigenvalue weighted by atomic mass is 35.5. The van der Waals surface area contributed by atoms with Crippen molar-refractivity contribution in [3.63, 3.8) is 0 Å². The lowest BCUT2D eigenvalue weighted by atomic mass is 10.1. The molecular weight excluding hydrogens is 322 g/mol. The smallest absolute Gasteiger partial charge is 0.163 e. The van der Waals surface area contributed by atoms with Gasteiger partial charge in [-0.25, -0.2) is 0 Å². The first-order valence-electron chi connectivity index (χ1n) is 8.46. The molecular formula is C20H26ClNO2. The van der Waals surface area contributed by atoms with Crippen molar-refractivity contribution in [3.05, 3.63) is 58.6 Å². The van der Waals surface area contributed by atoms with Crippen LogP contribution in [-0.4, -0.2) is 19.3 Å². The van der Waals surface area contributed by atoms with Crippen molar-refractivity contribution in [2.24, 2.45) is 0 Å². The molecule has 0 aromatic heterocycles. The van der Waals surface area contributed by atoms with E-state index in [0.29, 0.717) is 23.9 Å². The summed E-state index contributed by atoms with van der Waals surface area (Å²) < 4.78 is 11.5. The minimum atomic E-state index is 0.0788. The first-order valence-corrected chi connectivity index (χ1v) is 8.84. The van der Waals surface area contributed by atoms with Crippen LogP contribution < -0.4 is 14.8 Å². The topological polar surface area (TPSA) is 30.5 Å². The van der Waals surface area contributed by atoms with E-state index >= 15 is 0 Å². The Hall–Kier alpha value is -1.71. The first kappa shape index (κ1) is 18.6. The van der Waals surface area contributed by atoms with Crippen LogP contribution in [0, 0.1) is 0 Å². The fraction of sp³-hybridized carbons (Fsp3) is 0.400. The summed E-state index contributed by atoms with van der Waals surface area (Å²) in [7, 11) is 0. The standard InChI is InChI=1S/C20H26ClNO2/c1-4-23-19-12-17(18(21)13-20(19)24-15(2)3)14-22-11-10-16-8-6-5-7-9-16/h5-9,12-13,15,22H,4,10-11,14H2,1-3H3. The molecule has 0 radical (unpaired) electrons. The maximum atomic E-state index is 6.41. The van der Waals surface area contributed by atoms with Crippen LogP contribution in [0.3, 0.4) is 0 Å². The molecule has 130 valence electrons. The van der Waals surface area contributed by atoms with Gasteiger partial charge in [0.05, 0.1) is 12.7 Å². The highest BCUT2D eigenvalue weighted by molar-refractivity contribution is 6.31. The number of benzene rings is 2. The van der Waals surface area contributed by atoms with Gasteiger partial charge < -0.3 is 14.8 Å². The molecule has 3 nitrogen and oxygen atoms in total. The molecule has 0 aliphatic carbocycles. The van der Waals surface area contributed by atoms with Gasteiger partial charge in [0.25, 0.3) is 0 Å². The molecule has 2 aromatic carbocycles. The van der Waals surface area contributed by atoms with Crippen molar-refractivity contribution in [1.82, 2.24) is 5.32 Å². The van der Waals surface area contributed by atoms with Gasteiger partial charge in [-0.3, -0.25) is 0 Å². The van der Waals surface area contributed by atoms with Crippen molar-refractivity contribution in [3.8, 4) is 11.5 Å². The summed E-state index contributed by atoms with van der Waals surface area (Å²) in [6.45, 7) is 8.14. The average molecular weight is 348 g/mol. The van der Waals surface area contributed by atoms with Crippen molar-refractivity contribution >= 4 is 11.6 Å². The molecule has 0 saturated carbocycles. The summed E-state index contributed by atoms with van der Waals surface area (Å²) in [5.41, 5.74) is 2.34. The van der Waals surface area contributed by atoms with E-state index in [-0.39, 0.29) is 6.10 Å². The normalized spacial score (nSPS) is 10.9. The summed E-state index contributed by atoms with van der Waals surface area (Å²) in [6, 6.07) is 14.3. The van der Waals surface area contributed by atoms with Gasteiger partial charge in [-0.2, -0.15) is 0 Å². The molecule has 2 rings (SSSR count). The third-order valence-electron chi connectivity index (χ3n) is 3.52. The Bertz CT molecular complexity index is 629. The number of nitrogens with one attached hydrogen (secondary N) is 1. The Kier molecular flexibility index (Phi) is 7.41. The summed E-state index contributed by atoms with van der Waals surface area (Å²) in [5, 5.41) is 4.14. The van der Waals surface area contributed by atoms with Crippen molar-refractivity contribution in [2.75, 3.05) is 13.2 Å². The van der Waals surface area contributed by atoms with Crippen LogP contribution in [0.25, 0.3) is 0 Å². The van der Waals surface area contributed by atoms with Crippen LogP contribution in [0.1, 0.15) is 31.9 Å². The second kappa shape index (κ2) is 9.55. The van der Waals surface area contributed by atoms with E-state index in [0.717, 1.165) is 24.3 Å². The van der Waals surface area contributed by atoms with E-state index in [1.165, 1.54) is 5.56 Å². The third-order valence-corrected chi connectivity index (χ3v) is 3.88. The molecule has 2 aromatic rings. The van der Waals surface area contributed by atoms with E-state index in [1.54, 1.807) is 0 Å². The number of ether oxygens (including phenoxy) is 2. The zero-order valence-corrected chi connectivity index (χ0v) is 15.4. The molecule has 1 N–H and O–H groups in total. The van der Waals surface area contributed by atoms with Crippen LogP contribution in [-0.2, 0) is 13.0 Å². The zero-order chi connectivity index (χ0) is 17.4. The Morgan fingerprint density at radius 3 is 2.50 bits per heavy atom. The van der Waals surface area contributed by atoms with Gasteiger partial charge in [-0.05, 0) is 50.9 Å². The van der Waals surface area contributed by atoms with E-state index in [1.807, 2.05) is 39.0 Å². The summed E-state index contributed by atoms with van der Waals surface area (Å²) in [6.07, 6.45) is 1.07. The van der Waals surface area contributed by atoms with Gasteiger partial charge in [0.15, 0.2) is 11.5 Å². The second-order valence-corrected chi connectivity index (χ2v) is 6.31. The van der Waals surface area contributed by atoms with Gasteiger partial charge in [0, 0.05) is 17.6 Å². The van der Waals surface area contributed by atoms with Crippen molar-refractivity contribution in [1.29, 1.82) is 0 Å². The van der Waals surface area contributed by atoms with Crippen LogP contribution in [0.5, 0.6) is 11.5 Å². The number of hydrogen-bond donors (Lipinski definition) is 1. The summed E-state index contributed by atoms with van der Waals surface area (Å²) in [4.78, 5) is 0. The fourth-order valence-corrected chi connectivity index (χ4v) is 2.65. The van der Waals surface area contributed by atoms with E-state index in [9.17, 15) is 0 Å². The predicted octanol–water partition coefficient (Wildman–Crippen LogP) is 4.86. The molecule has 0 saturated heterocycles. The molecule has 0 aliphatic rings. The summed E-state index contributed by atoms with van der Waals surface area (Å²) >= 11 is 6.41. The van der Waals surface area contributed by atoms with Crippen molar-refractivity contribution < 1.29 is 9.47 Å². The molecule has 24 heavy (non-hydrogen) atoms. The molecule has 0 spiro atoms. The van der Waals surface area contributed by atoms with Crippen LogP contribution in [0.2, 0.25) is 5.02 Å². The Balaban J connectivity index is 1.97. The molecule has 0 atom stereocenters. The largest absolute Gasteiger partial charge is 0.490 e. The van der Waals surface area contributed by atoms with Crippen LogP contribution in [0.4, 0.5) is 0 Å². The minimum absolute atomic E-state index is 0.0788. The number of rotatable bonds is 9. The molecule has 4 heteroatoms. The highest BCUT2D eigenvalue weighted by Gasteiger charge is 2.12. The Morgan fingerprint density at radius 2 is 1.83 bits per heavy atom. The zero-order valence-electron chi connectivity index (χ0n) is 14.6. The molecule has 0 unspecified atom stereocenters. The Morgan fingerprint density at radius 1 is 1.08 bits per heavy atom. The van der Waals surface area contributed by atoms with E-state index in [4.69, 9.17) is 21.1 Å². The Labute approximate surface area is 149 Å². The fourth-order valence-electron chi connectivity index (χ4n) is 2.43. The number of halogens is 1. The van der Waals surface area contributed by atoms with E-state index in [2.05, 4.69) is 29.6 Å². The summed E-state index contributed by atoms with van der Waals surface area (Å²) in [5.74, 6) is 1.44. The van der Waals surface area contributed by atoms with Gasteiger partial charge in [-0.1, -0.05) is 41.9 Å². The van der Waals surface area contributed by atoms with Crippen molar-refractivity contribution in [2.45, 2.75) is 39.8 Å². The van der Waals surface area contributed by atoms with Gasteiger partial charge in [0.2, 0.25) is 0 Å². The highest BCUT2D eigenvalue weighted by Crippen LogP contribution is 2.34. The molecule has 0 heterocycles. The van der Waals surface area contributed by atoms with Crippen LogP contribution >= 0.6 is 11.6 Å². The van der Waals surface area contributed by atoms with Gasteiger partial charge in [-0.15, -0.1) is 0 Å². The van der Waals surface area contributed by atoms with E-state index < -0.39 is 0 Å². The van der Waals surface area contributed by atoms with Gasteiger partial charge in [0.1, 0.15) is 0 Å². The minimum Gasteiger partial charge on any atom is -0.490 e. The quantitative estimate of drug-likeness (QED) is 0.657. The molecule has 0 bridgehead atoms. The van der Waals surface area contributed by atoms with Crippen LogP contribution in [0.15, 0.2) is 42.5 Å².